The van der Waals surface area contributed by atoms with Crippen LogP contribution in [0.15, 0.2) is 24.3 Å². The average Bonchev–Trinajstić information content (AvgIpc) is 2.15. The summed E-state index contributed by atoms with van der Waals surface area (Å²) in [6, 6.07) is 8.21. The van der Waals surface area contributed by atoms with E-state index >= 15 is 0 Å². The second kappa shape index (κ2) is 4.05. The highest BCUT2D eigenvalue weighted by Crippen LogP contribution is 2.36. The number of benzene rings is 1. The highest BCUT2D eigenvalue weighted by atomic mass is 35.5. The minimum Gasteiger partial charge on any atom is -0.303 e. The summed E-state index contributed by atoms with van der Waals surface area (Å²) in [6.07, 6.45) is 3.68. The molecule has 1 atom stereocenters. The predicted octanol–water partition coefficient (Wildman–Crippen LogP) is 4.11. The first-order valence-electron chi connectivity index (χ1n) is 5.97. The van der Waals surface area contributed by atoms with E-state index in [-0.39, 0.29) is 11.1 Å². The summed E-state index contributed by atoms with van der Waals surface area (Å²) in [5, 5.41) is 4.58. The van der Waals surface area contributed by atoms with Crippen molar-refractivity contribution in [3.05, 3.63) is 34.9 Å². The molecule has 0 spiro atoms. The number of hydrogen-bond donors (Lipinski definition) is 1. The molecule has 0 aromatic heterocycles. The molecular weight excluding hydrogens is 218 g/mol. The van der Waals surface area contributed by atoms with E-state index in [9.17, 15) is 0 Å². The Kier molecular flexibility index (Phi) is 3.02. The largest absolute Gasteiger partial charge is 0.303 e. The highest BCUT2D eigenvalue weighted by Gasteiger charge is 2.36. The van der Waals surface area contributed by atoms with Crippen molar-refractivity contribution in [3.63, 3.8) is 0 Å². The van der Waals surface area contributed by atoms with E-state index in [1.807, 2.05) is 12.1 Å². The Morgan fingerprint density at radius 2 is 1.94 bits per heavy atom. The van der Waals surface area contributed by atoms with Crippen molar-refractivity contribution in [2.75, 3.05) is 0 Å². The topological polar surface area (TPSA) is 12.0 Å². The molecular formula is C14H20ClN. The third kappa shape index (κ3) is 2.41. The lowest BCUT2D eigenvalue weighted by molar-refractivity contribution is 0.168. The standard InChI is InChI=1S/C14H20ClN/c1-13(2)8-5-9-14(3,16-13)11-6-4-7-12(15)10-11/h4,6-7,10,16H,5,8-9H2,1-3H3. The van der Waals surface area contributed by atoms with Gasteiger partial charge >= 0.3 is 0 Å². The highest BCUT2D eigenvalue weighted by molar-refractivity contribution is 6.30. The van der Waals surface area contributed by atoms with E-state index in [0.717, 1.165) is 5.02 Å². The summed E-state index contributed by atoms with van der Waals surface area (Å²) >= 11 is 6.07. The molecule has 1 N–H and O–H groups in total. The van der Waals surface area contributed by atoms with Crippen molar-refractivity contribution in [1.29, 1.82) is 0 Å². The normalized spacial score (nSPS) is 29.0. The molecule has 1 aromatic rings. The third-order valence-electron chi connectivity index (χ3n) is 3.55. The van der Waals surface area contributed by atoms with Gasteiger partial charge in [-0.25, -0.2) is 0 Å². The molecule has 1 fully saturated rings. The zero-order chi connectivity index (χ0) is 11.8. The van der Waals surface area contributed by atoms with Gasteiger partial charge in [0.05, 0.1) is 0 Å². The molecule has 1 unspecified atom stereocenters. The number of nitrogens with one attached hydrogen (secondary N) is 1. The fourth-order valence-corrected chi connectivity index (χ4v) is 2.99. The van der Waals surface area contributed by atoms with E-state index < -0.39 is 0 Å². The van der Waals surface area contributed by atoms with Crippen molar-refractivity contribution in [3.8, 4) is 0 Å². The van der Waals surface area contributed by atoms with Crippen LogP contribution in [0.4, 0.5) is 0 Å². The summed E-state index contributed by atoms with van der Waals surface area (Å²) in [5.41, 5.74) is 1.58. The molecule has 0 radical (unpaired) electrons. The Morgan fingerprint density at radius 3 is 2.56 bits per heavy atom. The predicted molar refractivity (Wildman–Crippen MR) is 69.9 cm³/mol. The lowest BCUT2D eigenvalue weighted by Gasteiger charge is -2.45. The summed E-state index contributed by atoms with van der Waals surface area (Å²) in [5.74, 6) is 0. The molecule has 88 valence electrons. The van der Waals surface area contributed by atoms with Crippen LogP contribution in [0.5, 0.6) is 0 Å². The number of halogens is 1. The first kappa shape index (κ1) is 11.9. The Morgan fingerprint density at radius 1 is 1.19 bits per heavy atom. The van der Waals surface area contributed by atoms with Gasteiger partial charge in [-0.2, -0.15) is 0 Å². The van der Waals surface area contributed by atoms with Crippen molar-refractivity contribution in [1.82, 2.24) is 5.32 Å². The van der Waals surface area contributed by atoms with Crippen LogP contribution in [-0.2, 0) is 5.54 Å². The van der Waals surface area contributed by atoms with E-state index in [2.05, 4.69) is 38.2 Å². The molecule has 0 amide bonds. The lowest BCUT2D eigenvalue weighted by atomic mass is 9.78. The van der Waals surface area contributed by atoms with Crippen LogP contribution in [0.25, 0.3) is 0 Å². The van der Waals surface area contributed by atoms with Gasteiger partial charge in [-0.1, -0.05) is 23.7 Å². The molecule has 1 heterocycles. The maximum atomic E-state index is 6.07. The number of piperidine rings is 1. The maximum absolute atomic E-state index is 6.07. The van der Waals surface area contributed by atoms with Crippen LogP contribution in [0, 0.1) is 0 Å². The van der Waals surface area contributed by atoms with Gasteiger partial charge < -0.3 is 5.32 Å². The molecule has 16 heavy (non-hydrogen) atoms. The Hall–Kier alpha value is -0.530. The van der Waals surface area contributed by atoms with E-state index in [1.165, 1.54) is 24.8 Å². The third-order valence-corrected chi connectivity index (χ3v) is 3.79. The molecule has 2 rings (SSSR count). The fraction of sp³-hybridized carbons (Fsp3) is 0.571. The molecule has 1 aliphatic heterocycles. The van der Waals surface area contributed by atoms with Crippen LogP contribution >= 0.6 is 11.6 Å². The Bertz CT molecular complexity index is 386. The molecule has 2 heteroatoms. The minimum absolute atomic E-state index is 0.0622. The first-order valence-corrected chi connectivity index (χ1v) is 6.35. The Labute approximate surface area is 103 Å². The van der Waals surface area contributed by atoms with Crippen LogP contribution in [0.1, 0.15) is 45.6 Å². The average molecular weight is 238 g/mol. The van der Waals surface area contributed by atoms with Crippen molar-refractivity contribution < 1.29 is 0 Å². The van der Waals surface area contributed by atoms with Gasteiger partial charge in [0.1, 0.15) is 0 Å². The van der Waals surface area contributed by atoms with Crippen LogP contribution in [-0.4, -0.2) is 5.54 Å². The summed E-state index contributed by atoms with van der Waals surface area (Å²) in [7, 11) is 0. The zero-order valence-electron chi connectivity index (χ0n) is 10.3. The van der Waals surface area contributed by atoms with E-state index in [0.29, 0.717) is 0 Å². The maximum Gasteiger partial charge on any atom is 0.0410 e. The SMILES string of the molecule is CC1(C)CCCC(C)(c2cccc(Cl)c2)N1. The Balaban J connectivity index is 2.31. The molecule has 1 aliphatic rings. The minimum atomic E-state index is 0.0622. The van der Waals surface area contributed by atoms with Crippen molar-refractivity contribution in [2.24, 2.45) is 0 Å². The molecule has 1 nitrogen and oxygen atoms in total. The second-order valence-corrected chi connectivity index (χ2v) is 6.14. The summed E-state index contributed by atoms with van der Waals surface area (Å²) in [4.78, 5) is 0. The van der Waals surface area contributed by atoms with Gasteiger partial charge in [-0.3, -0.25) is 0 Å². The quantitative estimate of drug-likeness (QED) is 0.775. The van der Waals surface area contributed by atoms with Crippen LogP contribution < -0.4 is 5.32 Å². The van der Waals surface area contributed by atoms with E-state index in [1.54, 1.807) is 0 Å². The summed E-state index contributed by atoms with van der Waals surface area (Å²) < 4.78 is 0. The van der Waals surface area contributed by atoms with Gasteiger partial charge in [-0.15, -0.1) is 0 Å². The summed E-state index contributed by atoms with van der Waals surface area (Å²) in [6.45, 7) is 6.82. The van der Waals surface area contributed by atoms with Gasteiger partial charge in [0.25, 0.3) is 0 Å². The number of rotatable bonds is 1. The molecule has 0 saturated carbocycles. The van der Waals surface area contributed by atoms with Crippen molar-refractivity contribution in [2.45, 2.75) is 51.1 Å². The van der Waals surface area contributed by atoms with Gasteiger partial charge in [-0.05, 0) is 57.7 Å². The van der Waals surface area contributed by atoms with Crippen LogP contribution in [0.2, 0.25) is 5.02 Å². The monoisotopic (exact) mass is 237 g/mol. The van der Waals surface area contributed by atoms with Gasteiger partial charge in [0.15, 0.2) is 0 Å². The van der Waals surface area contributed by atoms with E-state index in [4.69, 9.17) is 11.6 Å². The fourth-order valence-electron chi connectivity index (χ4n) is 2.80. The van der Waals surface area contributed by atoms with Crippen LogP contribution in [0.3, 0.4) is 0 Å². The lowest BCUT2D eigenvalue weighted by Crippen LogP contribution is -2.54. The molecule has 0 aliphatic carbocycles. The molecule has 1 aromatic carbocycles. The first-order chi connectivity index (χ1) is 7.41. The molecule has 1 saturated heterocycles. The molecule has 0 bridgehead atoms. The zero-order valence-corrected chi connectivity index (χ0v) is 11.1. The van der Waals surface area contributed by atoms with Gasteiger partial charge in [0.2, 0.25) is 0 Å². The van der Waals surface area contributed by atoms with Crippen molar-refractivity contribution >= 4 is 11.6 Å². The second-order valence-electron chi connectivity index (χ2n) is 5.70. The smallest absolute Gasteiger partial charge is 0.0410 e. The number of hydrogen-bond acceptors (Lipinski definition) is 1. The van der Waals surface area contributed by atoms with Gasteiger partial charge in [0, 0.05) is 16.1 Å².